The Labute approximate surface area is 120 Å². The molecule has 0 aromatic rings. The Morgan fingerprint density at radius 1 is 1.32 bits per heavy atom. The molecule has 1 fully saturated rings. The molecular formula is C16H35N3. The van der Waals surface area contributed by atoms with E-state index in [2.05, 4.69) is 50.0 Å². The molecule has 2 atom stereocenters. The number of nitrogens with zero attached hydrogens (tertiary/aromatic N) is 2. The third-order valence-corrected chi connectivity index (χ3v) is 4.31. The summed E-state index contributed by atoms with van der Waals surface area (Å²) in [5, 5.41) is 3.65. The van der Waals surface area contributed by atoms with Crippen LogP contribution in [0.2, 0.25) is 0 Å². The van der Waals surface area contributed by atoms with Crippen LogP contribution >= 0.6 is 0 Å². The van der Waals surface area contributed by atoms with Crippen molar-refractivity contribution in [3.8, 4) is 0 Å². The van der Waals surface area contributed by atoms with Crippen LogP contribution in [-0.2, 0) is 0 Å². The lowest BCUT2D eigenvalue weighted by molar-refractivity contribution is 0.0931. The second kappa shape index (κ2) is 8.93. The summed E-state index contributed by atoms with van der Waals surface area (Å²) in [6.45, 7) is 11.6. The van der Waals surface area contributed by atoms with E-state index in [0.717, 1.165) is 25.0 Å². The van der Waals surface area contributed by atoms with Crippen LogP contribution < -0.4 is 5.32 Å². The van der Waals surface area contributed by atoms with Crippen LogP contribution in [0.3, 0.4) is 0 Å². The van der Waals surface area contributed by atoms with Crippen molar-refractivity contribution in [1.82, 2.24) is 15.1 Å². The van der Waals surface area contributed by atoms with Gasteiger partial charge in [-0.05, 0) is 52.4 Å². The van der Waals surface area contributed by atoms with E-state index in [9.17, 15) is 0 Å². The van der Waals surface area contributed by atoms with Gasteiger partial charge in [-0.25, -0.2) is 0 Å². The van der Waals surface area contributed by atoms with Gasteiger partial charge in [0.1, 0.15) is 0 Å². The second-order valence-electron chi connectivity index (χ2n) is 6.72. The van der Waals surface area contributed by atoms with Crippen LogP contribution in [0, 0.1) is 5.92 Å². The lowest BCUT2D eigenvalue weighted by atomic mass is 10.0. The normalized spacial score (nSPS) is 23.2. The Bertz CT molecular complexity index is 230. The average molecular weight is 269 g/mol. The first-order valence-corrected chi connectivity index (χ1v) is 8.15. The fourth-order valence-electron chi connectivity index (χ4n) is 3.09. The SMILES string of the molecule is CCCC(CNCC(C)C)N(C)C1CCCN(C)C1. The van der Waals surface area contributed by atoms with Gasteiger partial charge in [0.05, 0.1) is 0 Å². The molecule has 1 aliphatic rings. The molecule has 0 bridgehead atoms. The second-order valence-corrected chi connectivity index (χ2v) is 6.72. The highest BCUT2D eigenvalue weighted by atomic mass is 15.2. The van der Waals surface area contributed by atoms with Gasteiger partial charge in [0, 0.05) is 25.2 Å². The highest BCUT2D eigenvalue weighted by Gasteiger charge is 2.25. The first-order chi connectivity index (χ1) is 9.04. The molecule has 0 aromatic heterocycles. The zero-order valence-electron chi connectivity index (χ0n) is 13.8. The molecule has 0 spiro atoms. The number of hydrogen-bond acceptors (Lipinski definition) is 3. The minimum absolute atomic E-state index is 0.695. The molecule has 0 amide bonds. The predicted molar refractivity (Wildman–Crippen MR) is 84.7 cm³/mol. The molecule has 0 aromatic carbocycles. The van der Waals surface area contributed by atoms with Crippen molar-refractivity contribution in [2.75, 3.05) is 40.3 Å². The zero-order valence-corrected chi connectivity index (χ0v) is 13.8. The first kappa shape index (κ1) is 16.9. The molecule has 1 rings (SSSR count). The number of rotatable bonds is 8. The van der Waals surface area contributed by atoms with E-state index in [0.29, 0.717) is 6.04 Å². The molecule has 3 nitrogen and oxygen atoms in total. The van der Waals surface area contributed by atoms with Gasteiger partial charge in [0.15, 0.2) is 0 Å². The monoisotopic (exact) mass is 269 g/mol. The molecule has 0 saturated carbocycles. The summed E-state index contributed by atoms with van der Waals surface area (Å²) in [6.07, 6.45) is 5.30. The summed E-state index contributed by atoms with van der Waals surface area (Å²) in [5.74, 6) is 0.744. The van der Waals surface area contributed by atoms with Gasteiger partial charge < -0.3 is 10.2 Å². The lowest BCUT2D eigenvalue weighted by Gasteiger charge is -2.40. The van der Waals surface area contributed by atoms with E-state index in [4.69, 9.17) is 0 Å². The van der Waals surface area contributed by atoms with Crippen molar-refractivity contribution in [3.63, 3.8) is 0 Å². The maximum absolute atomic E-state index is 3.65. The van der Waals surface area contributed by atoms with Gasteiger partial charge in [-0.2, -0.15) is 0 Å². The smallest absolute Gasteiger partial charge is 0.0223 e. The van der Waals surface area contributed by atoms with Crippen LogP contribution in [0.25, 0.3) is 0 Å². The average Bonchev–Trinajstić information content (AvgIpc) is 2.36. The molecule has 1 N–H and O–H groups in total. The highest BCUT2D eigenvalue weighted by Crippen LogP contribution is 2.17. The predicted octanol–water partition coefficient (Wildman–Crippen LogP) is 2.43. The van der Waals surface area contributed by atoms with Crippen molar-refractivity contribution < 1.29 is 0 Å². The van der Waals surface area contributed by atoms with E-state index >= 15 is 0 Å². The topological polar surface area (TPSA) is 18.5 Å². The van der Waals surface area contributed by atoms with Crippen molar-refractivity contribution in [3.05, 3.63) is 0 Å². The lowest BCUT2D eigenvalue weighted by Crippen LogP contribution is -2.51. The molecule has 1 saturated heterocycles. The van der Waals surface area contributed by atoms with Crippen molar-refractivity contribution >= 4 is 0 Å². The molecule has 1 aliphatic heterocycles. The summed E-state index contributed by atoms with van der Waals surface area (Å²) < 4.78 is 0. The van der Waals surface area contributed by atoms with Gasteiger partial charge in [-0.3, -0.25) is 4.90 Å². The molecule has 0 aliphatic carbocycles. The fraction of sp³-hybridized carbons (Fsp3) is 1.00. The molecule has 2 unspecified atom stereocenters. The number of nitrogens with one attached hydrogen (secondary N) is 1. The van der Waals surface area contributed by atoms with Crippen LogP contribution in [0.1, 0.15) is 46.5 Å². The maximum atomic E-state index is 3.65. The van der Waals surface area contributed by atoms with E-state index in [1.54, 1.807) is 0 Å². The summed E-state index contributed by atoms with van der Waals surface area (Å²) >= 11 is 0. The number of likely N-dealkylation sites (N-methyl/N-ethyl adjacent to an activating group) is 2. The van der Waals surface area contributed by atoms with E-state index in [1.165, 1.54) is 38.8 Å². The minimum atomic E-state index is 0.695. The number of piperidine rings is 1. The van der Waals surface area contributed by atoms with Gasteiger partial charge in [0.25, 0.3) is 0 Å². The molecular weight excluding hydrogens is 234 g/mol. The summed E-state index contributed by atoms with van der Waals surface area (Å²) in [7, 11) is 4.59. The molecule has 3 heteroatoms. The van der Waals surface area contributed by atoms with Crippen LogP contribution in [-0.4, -0.2) is 62.2 Å². The van der Waals surface area contributed by atoms with E-state index in [-0.39, 0.29) is 0 Å². The molecule has 0 radical (unpaired) electrons. The van der Waals surface area contributed by atoms with Gasteiger partial charge in [-0.1, -0.05) is 27.2 Å². The Kier molecular flexibility index (Phi) is 7.96. The molecule has 1 heterocycles. The van der Waals surface area contributed by atoms with E-state index < -0.39 is 0 Å². The van der Waals surface area contributed by atoms with Crippen molar-refractivity contribution in [2.45, 2.75) is 58.5 Å². The maximum Gasteiger partial charge on any atom is 0.0223 e. The molecule has 19 heavy (non-hydrogen) atoms. The fourth-order valence-corrected chi connectivity index (χ4v) is 3.09. The third-order valence-electron chi connectivity index (χ3n) is 4.31. The van der Waals surface area contributed by atoms with Gasteiger partial charge in [-0.15, -0.1) is 0 Å². The Balaban J connectivity index is 2.43. The summed E-state index contributed by atoms with van der Waals surface area (Å²) in [6, 6.07) is 1.44. The Morgan fingerprint density at radius 3 is 2.63 bits per heavy atom. The van der Waals surface area contributed by atoms with Gasteiger partial charge in [0.2, 0.25) is 0 Å². The standard InChI is InChI=1S/C16H35N3/c1-6-8-15(12-17-11-14(2)3)19(5)16-9-7-10-18(4)13-16/h14-17H,6-13H2,1-5H3. The van der Waals surface area contributed by atoms with Gasteiger partial charge >= 0.3 is 0 Å². The molecule has 114 valence electrons. The van der Waals surface area contributed by atoms with Crippen LogP contribution in [0.5, 0.6) is 0 Å². The largest absolute Gasteiger partial charge is 0.315 e. The quantitative estimate of drug-likeness (QED) is 0.730. The van der Waals surface area contributed by atoms with Crippen molar-refractivity contribution in [1.29, 1.82) is 0 Å². The minimum Gasteiger partial charge on any atom is -0.315 e. The number of hydrogen-bond donors (Lipinski definition) is 1. The Hall–Kier alpha value is -0.120. The van der Waals surface area contributed by atoms with Crippen LogP contribution in [0.4, 0.5) is 0 Å². The number of likely N-dealkylation sites (tertiary alicyclic amines) is 1. The first-order valence-electron chi connectivity index (χ1n) is 8.15. The zero-order chi connectivity index (χ0) is 14.3. The third kappa shape index (κ3) is 6.24. The van der Waals surface area contributed by atoms with E-state index in [1.807, 2.05) is 0 Å². The Morgan fingerprint density at radius 2 is 2.05 bits per heavy atom. The van der Waals surface area contributed by atoms with Crippen molar-refractivity contribution in [2.24, 2.45) is 5.92 Å². The highest BCUT2D eigenvalue weighted by molar-refractivity contribution is 4.83. The van der Waals surface area contributed by atoms with Crippen LogP contribution in [0.15, 0.2) is 0 Å². The summed E-state index contributed by atoms with van der Waals surface area (Å²) in [5.41, 5.74) is 0. The summed E-state index contributed by atoms with van der Waals surface area (Å²) in [4.78, 5) is 5.13.